The Balaban J connectivity index is 0.00000242. The summed E-state index contributed by atoms with van der Waals surface area (Å²) in [6, 6.07) is 2.88. The van der Waals surface area contributed by atoms with Gasteiger partial charge in [0.1, 0.15) is 11.6 Å². The summed E-state index contributed by atoms with van der Waals surface area (Å²) in [6.45, 7) is 0.0784. The summed E-state index contributed by atoms with van der Waals surface area (Å²) >= 11 is 0. The molecule has 1 saturated heterocycles. The molecule has 0 spiro atoms. The van der Waals surface area contributed by atoms with E-state index in [1.807, 2.05) is 0 Å². The van der Waals surface area contributed by atoms with Gasteiger partial charge in [0.25, 0.3) is 0 Å². The Bertz CT molecular complexity index is 629. The van der Waals surface area contributed by atoms with Crippen LogP contribution in [-0.4, -0.2) is 56.3 Å². The molecule has 1 aliphatic heterocycles. The molecule has 0 bridgehead atoms. The number of halogens is 3. The van der Waals surface area contributed by atoms with E-state index in [1.54, 1.807) is 0 Å². The van der Waals surface area contributed by atoms with Crippen molar-refractivity contribution >= 4 is 28.3 Å². The number of hydrogen-bond donors (Lipinski definition) is 1. The maximum Gasteiger partial charge on any atom is 0.249 e. The molecule has 0 aliphatic carbocycles. The second-order valence-corrected chi connectivity index (χ2v) is 6.41. The molecular weight excluding hydrogens is 340 g/mol. The summed E-state index contributed by atoms with van der Waals surface area (Å²) in [5, 5.41) is 0. The van der Waals surface area contributed by atoms with Gasteiger partial charge in [-0.05, 0) is 12.1 Å². The van der Waals surface area contributed by atoms with Crippen molar-refractivity contribution in [3.63, 3.8) is 0 Å². The number of hydrogen-bond acceptors (Lipinski definition) is 4. The van der Waals surface area contributed by atoms with E-state index in [9.17, 15) is 22.0 Å². The fourth-order valence-electron chi connectivity index (χ4n) is 2.17. The average Bonchev–Trinajstić information content (AvgIpc) is 2.46. The van der Waals surface area contributed by atoms with Crippen molar-refractivity contribution in [1.82, 2.24) is 9.21 Å². The standard InChI is InChI=1S/C12H15F2N3O3S.ClH/c13-9-2-1-3-10(14)12(9)21(19,20)17-6-4-16(5-7-17)11(18)8-15;/h1-3H,4-8,15H2;1H. The van der Waals surface area contributed by atoms with E-state index in [2.05, 4.69) is 0 Å². The number of nitrogens with zero attached hydrogens (tertiary/aromatic N) is 2. The first kappa shape index (κ1) is 18.8. The van der Waals surface area contributed by atoms with Crippen molar-refractivity contribution in [3.05, 3.63) is 29.8 Å². The predicted molar refractivity (Wildman–Crippen MR) is 78.0 cm³/mol. The molecule has 1 fully saturated rings. The third-order valence-corrected chi connectivity index (χ3v) is 5.23. The van der Waals surface area contributed by atoms with Crippen LogP contribution in [0.3, 0.4) is 0 Å². The van der Waals surface area contributed by atoms with Gasteiger partial charge >= 0.3 is 0 Å². The minimum Gasteiger partial charge on any atom is -0.339 e. The van der Waals surface area contributed by atoms with Gasteiger partial charge in [0, 0.05) is 26.2 Å². The SMILES string of the molecule is Cl.NCC(=O)N1CCN(S(=O)(=O)c2c(F)cccc2F)CC1. The molecule has 0 saturated carbocycles. The Labute approximate surface area is 133 Å². The lowest BCUT2D eigenvalue weighted by Gasteiger charge is -2.33. The van der Waals surface area contributed by atoms with E-state index in [1.165, 1.54) is 4.90 Å². The van der Waals surface area contributed by atoms with Crippen LogP contribution in [0.25, 0.3) is 0 Å². The van der Waals surface area contributed by atoms with Gasteiger partial charge in [0.15, 0.2) is 4.90 Å². The second-order valence-electron chi connectivity index (χ2n) is 4.54. The Morgan fingerprint density at radius 2 is 1.64 bits per heavy atom. The summed E-state index contributed by atoms with van der Waals surface area (Å²) in [6.07, 6.45) is 0. The molecule has 0 aromatic heterocycles. The zero-order valence-electron chi connectivity index (χ0n) is 11.5. The molecular formula is C12H16ClF2N3O3S. The van der Waals surface area contributed by atoms with Gasteiger partial charge in [-0.3, -0.25) is 4.79 Å². The third kappa shape index (κ3) is 3.54. The fourth-order valence-corrected chi connectivity index (χ4v) is 3.70. The van der Waals surface area contributed by atoms with E-state index in [0.717, 1.165) is 22.5 Å². The third-order valence-electron chi connectivity index (χ3n) is 3.28. The minimum absolute atomic E-state index is 0. The molecule has 10 heteroatoms. The lowest BCUT2D eigenvalue weighted by atomic mass is 10.3. The predicted octanol–water partition coefficient (Wildman–Crippen LogP) is 0.178. The van der Waals surface area contributed by atoms with E-state index in [-0.39, 0.29) is 51.0 Å². The van der Waals surface area contributed by atoms with Crippen molar-refractivity contribution < 1.29 is 22.0 Å². The zero-order valence-corrected chi connectivity index (χ0v) is 13.2. The number of carbonyl (C=O) groups is 1. The highest BCUT2D eigenvalue weighted by Crippen LogP contribution is 2.23. The number of amides is 1. The first-order valence-corrected chi connectivity index (χ1v) is 7.74. The second kappa shape index (κ2) is 7.32. The van der Waals surface area contributed by atoms with E-state index >= 15 is 0 Å². The summed E-state index contributed by atoms with van der Waals surface area (Å²) in [7, 11) is -4.27. The molecule has 22 heavy (non-hydrogen) atoms. The molecule has 2 rings (SSSR count). The molecule has 1 aliphatic rings. The molecule has 0 unspecified atom stereocenters. The first-order chi connectivity index (χ1) is 9.87. The van der Waals surface area contributed by atoms with Crippen LogP contribution in [0.4, 0.5) is 8.78 Å². The summed E-state index contributed by atoms with van der Waals surface area (Å²) in [4.78, 5) is 11.9. The van der Waals surface area contributed by atoms with Crippen molar-refractivity contribution in [2.45, 2.75) is 4.90 Å². The lowest BCUT2D eigenvalue weighted by Crippen LogP contribution is -2.52. The monoisotopic (exact) mass is 355 g/mol. The van der Waals surface area contributed by atoms with Crippen molar-refractivity contribution in [2.24, 2.45) is 5.73 Å². The normalized spacial score (nSPS) is 16.2. The van der Waals surface area contributed by atoms with Crippen LogP contribution < -0.4 is 5.73 Å². The molecule has 6 nitrogen and oxygen atoms in total. The highest BCUT2D eigenvalue weighted by Gasteiger charge is 2.33. The smallest absolute Gasteiger partial charge is 0.249 e. The van der Waals surface area contributed by atoms with Crippen LogP contribution in [0.15, 0.2) is 23.1 Å². The fraction of sp³-hybridized carbons (Fsp3) is 0.417. The van der Waals surface area contributed by atoms with Gasteiger partial charge < -0.3 is 10.6 Å². The number of benzene rings is 1. The highest BCUT2D eigenvalue weighted by atomic mass is 35.5. The molecule has 1 aromatic carbocycles. The Morgan fingerprint density at radius 3 is 2.09 bits per heavy atom. The molecule has 0 radical (unpaired) electrons. The largest absolute Gasteiger partial charge is 0.339 e. The van der Waals surface area contributed by atoms with Gasteiger partial charge in [0.2, 0.25) is 15.9 Å². The summed E-state index contributed by atoms with van der Waals surface area (Å²) in [5.74, 6) is -2.55. The quantitative estimate of drug-likeness (QED) is 0.838. The van der Waals surface area contributed by atoms with Crippen molar-refractivity contribution in [2.75, 3.05) is 32.7 Å². The Morgan fingerprint density at radius 1 is 1.14 bits per heavy atom. The topological polar surface area (TPSA) is 83.7 Å². The molecule has 0 atom stereocenters. The van der Waals surface area contributed by atoms with Gasteiger partial charge in [-0.15, -0.1) is 12.4 Å². The van der Waals surface area contributed by atoms with Crippen molar-refractivity contribution in [3.8, 4) is 0 Å². The van der Waals surface area contributed by atoms with Crippen LogP contribution in [0.1, 0.15) is 0 Å². The molecule has 1 aromatic rings. The maximum absolute atomic E-state index is 13.6. The van der Waals surface area contributed by atoms with Crippen LogP contribution in [0.2, 0.25) is 0 Å². The van der Waals surface area contributed by atoms with Gasteiger partial charge in [-0.2, -0.15) is 4.31 Å². The highest BCUT2D eigenvalue weighted by molar-refractivity contribution is 7.89. The van der Waals surface area contributed by atoms with Crippen LogP contribution >= 0.6 is 12.4 Å². The number of carbonyl (C=O) groups excluding carboxylic acids is 1. The first-order valence-electron chi connectivity index (χ1n) is 6.30. The molecule has 1 heterocycles. The number of sulfonamides is 1. The van der Waals surface area contributed by atoms with Crippen LogP contribution in [-0.2, 0) is 14.8 Å². The van der Waals surface area contributed by atoms with Crippen LogP contribution in [0.5, 0.6) is 0 Å². The van der Waals surface area contributed by atoms with Gasteiger partial charge in [0.05, 0.1) is 6.54 Å². The van der Waals surface area contributed by atoms with E-state index in [0.29, 0.717) is 0 Å². The van der Waals surface area contributed by atoms with Crippen LogP contribution in [0, 0.1) is 11.6 Å². The average molecular weight is 356 g/mol. The summed E-state index contributed by atoms with van der Waals surface area (Å²) < 4.78 is 52.8. The summed E-state index contributed by atoms with van der Waals surface area (Å²) in [5.41, 5.74) is 5.23. The lowest BCUT2D eigenvalue weighted by molar-refractivity contribution is -0.130. The zero-order chi connectivity index (χ0) is 15.6. The number of rotatable bonds is 3. The van der Waals surface area contributed by atoms with E-state index in [4.69, 9.17) is 5.73 Å². The van der Waals surface area contributed by atoms with Gasteiger partial charge in [-0.1, -0.05) is 6.07 Å². The molecule has 2 N–H and O–H groups in total. The molecule has 124 valence electrons. The number of nitrogens with two attached hydrogens (primary N) is 1. The maximum atomic E-state index is 13.6. The Hall–Kier alpha value is -1.29. The van der Waals surface area contributed by atoms with Crippen molar-refractivity contribution in [1.29, 1.82) is 0 Å². The Kier molecular flexibility index (Phi) is 6.24. The minimum atomic E-state index is -4.27. The molecule has 1 amide bonds. The van der Waals surface area contributed by atoms with E-state index < -0.39 is 26.6 Å². The van der Waals surface area contributed by atoms with Gasteiger partial charge in [-0.25, -0.2) is 17.2 Å². The number of piperazine rings is 1.